The molecule has 0 radical (unpaired) electrons. The zero-order chi connectivity index (χ0) is 16.7. The number of hydrogen-bond acceptors (Lipinski definition) is 3. The van der Waals surface area contributed by atoms with Crippen molar-refractivity contribution in [1.82, 2.24) is 15.2 Å². The molecule has 2 rings (SSSR count). The van der Waals surface area contributed by atoms with Gasteiger partial charge in [-0.3, -0.25) is 0 Å². The summed E-state index contributed by atoms with van der Waals surface area (Å²) in [6.45, 7) is 8.14. The highest BCUT2D eigenvalue weighted by Crippen LogP contribution is 2.21. The third-order valence-electron chi connectivity index (χ3n) is 3.81. The fourth-order valence-electron chi connectivity index (χ4n) is 2.44. The van der Waals surface area contributed by atoms with Crippen molar-refractivity contribution in [1.29, 1.82) is 0 Å². The molecule has 0 atom stereocenters. The molecule has 0 saturated carbocycles. The largest absolute Gasteiger partial charge is 0.338 e. The molecule has 0 fully saturated rings. The normalized spacial score (nSPS) is 10.6. The third kappa shape index (κ3) is 5.06. The summed E-state index contributed by atoms with van der Waals surface area (Å²) in [5.74, 6) is 0. The van der Waals surface area contributed by atoms with Crippen molar-refractivity contribution < 1.29 is 4.79 Å². The van der Waals surface area contributed by atoms with Gasteiger partial charge in [0.1, 0.15) is 0 Å². The molecule has 0 bridgehead atoms. The first-order valence-electron chi connectivity index (χ1n) is 8.15. The molecule has 1 heterocycles. The third-order valence-corrected chi connectivity index (χ3v) is 5.03. The second kappa shape index (κ2) is 8.67. The number of aromatic nitrogens is 1. The van der Waals surface area contributed by atoms with Gasteiger partial charge in [-0.2, -0.15) is 0 Å². The molecule has 1 aromatic carbocycles. The molecule has 0 aliphatic heterocycles. The van der Waals surface area contributed by atoms with Gasteiger partial charge < -0.3 is 10.2 Å². The van der Waals surface area contributed by atoms with Gasteiger partial charge in [-0.1, -0.05) is 30.3 Å². The van der Waals surface area contributed by atoms with E-state index < -0.39 is 0 Å². The lowest BCUT2D eigenvalue weighted by molar-refractivity contribution is 0.203. The Bertz CT molecular complexity index is 620. The van der Waals surface area contributed by atoms with Crippen molar-refractivity contribution in [2.75, 3.05) is 19.6 Å². The van der Waals surface area contributed by atoms with Crippen LogP contribution in [0, 0.1) is 6.92 Å². The molecular formula is C18H25N3OS. The molecule has 0 aliphatic rings. The zero-order valence-corrected chi connectivity index (χ0v) is 14.9. The van der Waals surface area contributed by atoms with Crippen molar-refractivity contribution >= 4 is 17.4 Å². The van der Waals surface area contributed by atoms with E-state index in [-0.39, 0.29) is 6.03 Å². The van der Waals surface area contributed by atoms with Crippen LogP contribution in [0.3, 0.4) is 0 Å². The molecule has 1 N–H and O–H groups in total. The average molecular weight is 331 g/mol. The first-order chi connectivity index (χ1) is 11.1. The average Bonchev–Trinajstić information content (AvgIpc) is 2.89. The molecule has 0 aliphatic carbocycles. The molecule has 23 heavy (non-hydrogen) atoms. The van der Waals surface area contributed by atoms with Gasteiger partial charge in [0.15, 0.2) is 0 Å². The predicted molar refractivity (Wildman–Crippen MR) is 96.1 cm³/mol. The summed E-state index contributed by atoms with van der Waals surface area (Å²) in [4.78, 5) is 19.6. The van der Waals surface area contributed by atoms with Crippen LogP contribution in [-0.4, -0.2) is 35.5 Å². The van der Waals surface area contributed by atoms with Crippen molar-refractivity contribution in [3.63, 3.8) is 0 Å². The highest BCUT2D eigenvalue weighted by atomic mass is 32.1. The molecule has 2 aromatic rings. The van der Waals surface area contributed by atoms with Gasteiger partial charge in [-0.15, -0.1) is 11.3 Å². The maximum Gasteiger partial charge on any atom is 0.317 e. The summed E-state index contributed by atoms with van der Waals surface area (Å²) in [6, 6.07) is 10.5. The van der Waals surface area contributed by atoms with E-state index in [1.165, 1.54) is 10.4 Å². The number of hydrogen-bond donors (Lipinski definition) is 1. The lowest BCUT2D eigenvalue weighted by atomic mass is 10.1. The van der Waals surface area contributed by atoms with E-state index in [2.05, 4.69) is 41.5 Å². The fraction of sp³-hybridized carbons (Fsp3) is 0.444. The quantitative estimate of drug-likeness (QED) is 0.842. The van der Waals surface area contributed by atoms with Crippen LogP contribution < -0.4 is 5.32 Å². The summed E-state index contributed by atoms with van der Waals surface area (Å²) in [7, 11) is 0. The monoisotopic (exact) mass is 331 g/mol. The van der Waals surface area contributed by atoms with Crippen LogP contribution in [0.15, 0.2) is 30.3 Å². The number of aryl methyl sites for hydroxylation is 1. The molecule has 1 aromatic heterocycles. The van der Waals surface area contributed by atoms with Gasteiger partial charge in [0.2, 0.25) is 0 Å². The van der Waals surface area contributed by atoms with Gasteiger partial charge in [-0.25, -0.2) is 9.78 Å². The van der Waals surface area contributed by atoms with Crippen LogP contribution in [0.4, 0.5) is 4.79 Å². The highest BCUT2D eigenvalue weighted by molar-refractivity contribution is 7.11. The second-order valence-electron chi connectivity index (χ2n) is 5.43. The number of carbonyl (C=O) groups is 1. The molecular weight excluding hydrogens is 306 g/mol. The Balaban J connectivity index is 1.87. The Labute approximate surface area is 142 Å². The summed E-state index contributed by atoms with van der Waals surface area (Å²) in [5.41, 5.74) is 2.41. The number of thiazole rings is 1. The Hall–Kier alpha value is -1.88. The lowest BCUT2D eigenvalue weighted by Gasteiger charge is -2.18. The van der Waals surface area contributed by atoms with Crippen molar-refractivity contribution in [2.24, 2.45) is 0 Å². The van der Waals surface area contributed by atoms with Crippen LogP contribution in [-0.2, 0) is 12.8 Å². The van der Waals surface area contributed by atoms with Crippen LogP contribution in [0.1, 0.15) is 35.0 Å². The molecule has 2 amide bonds. The van der Waals surface area contributed by atoms with Crippen LogP contribution in [0.2, 0.25) is 0 Å². The van der Waals surface area contributed by atoms with Gasteiger partial charge in [0.25, 0.3) is 0 Å². The van der Waals surface area contributed by atoms with Gasteiger partial charge in [0, 0.05) is 37.4 Å². The number of carbonyl (C=O) groups excluding carboxylic acids is 1. The predicted octanol–water partition coefficient (Wildman–Crippen LogP) is 3.64. The SMILES string of the molecule is CCN(CC)C(=O)NCCc1nc(C)c(Cc2ccccc2)s1. The maximum atomic E-state index is 11.9. The van der Waals surface area contributed by atoms with E-state index in [4.69, 9.17) is 0 Å². The molecule has 0 saturated heterocycles. The van der Waals surface area contributed by atoms with Gasteiger partial charge in [0.05, 0.1) is 10.7 Å². The molecule has 5 heteroatoms. The number of benzene rings is 1. The molecule has 0 spiro atoms. The smallest absolute Gasteiger partial charge is 0.317 e. The molecule has 124 valence electrons. The van der Waals surface area contributed by atoms with E-state index in [0.717, 1.165) is 36.6 Å². The number of rotatable bonds is 7. The summed E-state index contributed by atoms with van der Waals surface area (Å²) in [5, 5.41) is 4.06. The van der Waals surface area contributed by atoms with Crippen molar-refractivity contribution in [3.05, 3.63) is 51.5 Å². The maximum absolute atomic E-state index is 11.9. The second-order valence-corrected chi connectivity index (χ2v) is 6.60. The minimum atomic E-state index is 0.00721. The Morgan fingerprint density at radius 2 is 1.91 bits per heavy atom. The fourth-order valence-corrected chi connectivity index (χ4v) is 3.54. The van der Waals surface area contributed by atoms with Gasteiger partial charge in [-0.05, 0) is 26.3 Å². The lowest BCUT2D eigenvalue weighted by Crippen LogP contribution is -2.40. The van der Waals surface area contributed by atoms with Gasteiger partial charge >= 0.3 is 6.03 Å². The van der Waals surface area contributed by atoms with E-state index in [9.17, 15) is 4.79 Å². The highest BCUT2D eigenvalue weighted by Gasteiger charge is 2.11. The Kier molecular flexibility index (Phi) is 6.59. The Morgan fingerprint density at radius 1 is 1.22 bits per heavy atom. The van der Waals surface area contributed by atoms with E-state index in [1.54, 1.807) is 16.2 Å². The van der Waals surface area contributed by atoms with E-state index >= 15 is 0 Å². The summed E-state index contributed by atoms with van der Waals surface area (Å²) < 4.78 is 0. The number of urea groups is 1. The molecule has 0 unspecified atom stereocenters. The van der Waals surface area contributed by atoms with Crippen LogP contribution in [0.5, 0.6) is 0 Å². The minimum Gasteiger partial charge on any atom is -0.338 e. The van der Waals surface area contributed by atoms with Crippen molar-refractivity contribution in [2.45, 2.75) is 33.6 Å². The summed E-state index contributed by atoms with van der Waals surface area (Å²) >= 11 is 1.75. The number of amides is 2. The zero-order valence-electron chi connectivity index (χ0n) is 14.1. The van der Waals surface area contributed by atoms with E-state index in [0.29, 0.717) is 6.54 Å². The Morgan fingerprint density at radius 3 is 2.57 bits per heavy atom. The number of nitrogens with one attached hydrogen (secondary N) is 1. The topological polar surface area (TPSA) is 45.2 Å². The first kappa shape index (κ1) is 17.5. The number of nitrogens with zero attached hydrogens (tertiary/aromatic N) is 2. The van der Waals surface area contributed by atoms with Crippen molar-refractivity contribution in [3.8, 4) is 0 Å². The molecule has 4 nitrogen and oxygen atoms in total. The standard InChI is InChI=1S/C18H25N3OS/c1-4-21(5-2)18(22)19-12-11-17-20-14(3)16(23-17)13-15-9-7-6-8-10-15/h6-10H,4-5,11-13H2,1-3H3,(H,19,22). The minimum absolute atomic E-state index is 0.00721. The summed E-state index contributed by atoms with van der Waals surface area (Å²) in [6.07, 6.45) is 1.71. The van der Waals surface area contributed by atoms with Crippen LogP contribution >= 0.6 is 11.3 Å². The first-order valence-corrected chi connectivity index (χ1v) is 8.97. The van der Waals surface area contributed by atoms with E-state index in [1.807, 2.05) is 19.9 Å². The van der Waals surface area contributed by atoms with Crippen LogP contribution in [0.25, 0.3) is 0 Å².